The molecule has 25 heavy (non-hydrogen) atoms. The number of rotatable bonds is 6. The van der Waals surface area contributed by atoms with Gasteiger partial charge in [0.15, 0.2) is 0 Å². The smallest absolute Gasteiger partial charge is 0.247 e. The summed E-state index contributed by atoms with van der Waals surface area (Å²) >= 11 is 0. The fourth-order valence-electron chi connectivity index (χ4n) is 2.21. The van der Waals surface area contributed by atoms with Gasteiger partial charge in [-0.25, -0.2) is 0 Å². The molecule has 0 aliphatic heterocycles. The van der Waals surface area contributed by atoms with Gasteiger partial charge in [0.1, 0.15) is 0 Å². The lowest BCUT2D eigenvalue weighted by atomic mass is 10.1. The topological polar surface area (TPSA) is 61.4 Å². The lowest BCUT2D eigenvalue weighted by Gasteiger charge is -2.13. The minimum Gasteiger partial charge on any atom is -0.378 e. The van der Waals surface area contributed by atoms with E-state index in [4.69, 9.17) is 0 Å². The van der Waals surface area contributed by atoms with Gasteiger partial charge in [-0.3, -0.25) is 9.59 Å². The highest BCUT2D eigenvalue weighted by Crippen LogP contribution is 2.15. The molecule has 0 aromatic heterocycles. The molecule has 0 saturated carbocycles. The molecule has 0 atom stereocenters. The lowest BCUT2D eigenvalue weighted by molar-refractivity contribution is -0.121. The van der Waals surface area contributed by atoms with E-state index in [-0.39, 0.29) is 18.4 Å². The van der Waals surface area contributed by atoms with Gasteiger partial charge in [-0.15, -0.1) is 0 Å². The largest absolute Gasteiger partial charge is 0.378 e. The summed E-state index contributed by atoms with van der Waals surface area (Å²) in [4.78, 5) is 26.0. The molecule has 5 heteroatoms. The maximum absolute atomic E-state index is 12.1. The predicted molar refractivity (Wildman–Crippen MR) is 103 cm³/mol. The molecule has 5 nitrogen and oxygen atoms in total. The van der Waals surface area contributed by atoms with Gasteiger partial charge in [0.2, 0.25) is 11.8 Å². The molecule has 0 unspecified atom stereocenters. The van der Waals surface area contributed by atoms with E-state index in [1.54, 1.807) is 13.0 Å². The van der Waals surface area contributed by atoms with Crippen molar-refractivity contribution < 1.29 is 9.59 Å². The summed E-state index contributed by atoms with van der Waals surface area (Å²) in [5, 5.41) is 5.39. The number of carbonyl (C=O) groups excluding carboxylic acids is 2. The van der Waals surface area contributed by atoms with Crippen LogP contribution in [0.1, 0.15) is 12.5 Å². The van der Waals surface area contributed by atoms with Crippen LogP contribution in [-0.4, -0.2) is 32.5 Å². The summed E-state index contributed by atoms with van der Waals surface area (Å²) < 4.78 is 0. The Hall–Kier alpha value is -3.08. The molecule has 2 aromatic carbocycles. The third-order valence-electron chi connectivity index (χ3n) is 3.62. The number of nitrogens with one attached hydrogen (secondary N) is 2. The molecule has 0 spiro atoms. The number of hydrogen-bond donors (Lipinski definition) is 2. The zero-order chi connectivity index (χ0) is 18.2. The first-order chi connectivity index (χ1) is 12.0. The second-order valence-electron chi connectivity index (χ2n) is 5.91. The Bertz CT molecular complexity index is 750. The maximum atomic E-state index is 12.1. The van der Waals surface area contributed by atoms with Crippen LogP contribution < -0.4 is 15.5 Å². The van der Waals surface area contributed by atoms with Gasteiger partial charge in [0.05, 0.1) is 6.54 Å². The molecule has 0 saturated heterocycles. The molecular formula is C20H23N3O2. The van der Waals surface area contributed by atoms with E-state index in [1.165, 1.54) is 0 Å². The second-order valence-corrected chi connectivity index (χ2v) is 5.91. The van der Waals surface area contributed by atoms with Gasteiger partial charge in [0.25, 0.3) is 0 Å². The molecule has 0 radical (unpaired) electrons. The predicted octanol–water partition coefficient (Wildman–Crippen LogP) is 2.91. The fourth-order valence-corrected chi connectivity index (χ4v) is 2.21. The van der Waals surface area contributed by atoms with E-state index in [0.717, 1.165) is 11.3 Å². The zero-order valence-electron chi connectivity index (χ0n) is 14.7. The van der Waals surface area contributed by atoms with Crippen LogP contribution in [0, 0.1) is 0 Å². The number of benzene rings is 2. The monoisotopic (exact) mass is 337 g/mol. The Morgan fingerprint density at radius 3 is 2.24 bits per heavy atom. The van der Waals surface area contributed by atoms with E-state index in [1.807, 2.05) is 73.6 Å². The molecule has 2 N–H and O–H groups in total. The summed E-state index contributed by atoms with van der Waals surface area (Å²) in [6.45, 7) is 1.65. The van der Waals surface area contributed by atoms with Crippen molar-refractivity contribution in [1.82, 2.24) is 5.32 Å². The summed E-state index contributed by atoms with van der Waals surface area (Å²) in [6.07, 6.45) is 1.78. The molecule has 0 aliphatic rings. The number of hydrogen-bond acceptors (Lipinski definition) is 3. The normalized spacial score (nSPS) is 10.9. The van der Waals surface area contributed by atoms with Crippen molar-refractivity contribution in [2.45, 2.75) is 6.92 Å². The van der Waals surface area contributed by atoms with Gasteiger partial charge >= 0.3 is 0 Å². The molecule has 2 rings (SSSR count). The van der Waals surface area contributed by atoms with Crippen LogP contribution in [0.15, 0.2) is 60.2 Å². The van der Waals surface area contributed by atoms with Crippen LogP contribution >= 0.6 is 0 Å². The van der Waals surface area contributed by atoms with E-state index in [0.29, 0.717) is 11.3 Å². The van der Waals surface area contributed by atoms with Crippen molar-refractivity contribution in [3.8, 4) is 0 Å². The molecule has 2 aromatic rings. The first-order valence-electron chi connectivity index (χ1n) is 8.04. The van der Waals surface area contributed by atoms with Crippen LogP contribution in [0.2, 0.25) is 0 Å². The van der Waals surface area contributed by atoms with Crippen molar-refractivity contribution in [3.05, 3.63) is 65.7 Å². The maximum Gasteiger partial charge on any atom is 0.247 e. The van der Waals surface area contributed by atoms with Gasteiger partial charge in [-0.2, -0.15) is 0 Å². The molecule has 0 aliphatic carbocycles. The van der Waals surface area contributed by atoms with E-state index >= 15 is 0 Å². The van der Waals surface area contributed by atoms with Crippen LogP contribution in [0.5, 0.6) is 0 Å². The number of carbonyl (C=O) groups is 2. The van der Waals surface area contributed by atoms with E-state index in [2.05, 4.69) is 10.6 Å². The molecule has 0 heterocycles. The lowest BCUT2D eigenvalue weighted by Crippen LogP contribution is -2.33. The first kappa shape index (κ1) is 18.3. The average Bonchev–Trinajstić information content (AvgIpc) is 2.61. The minimum absolute atomic E-state index is 0.0752. The Morgan fingerprint density at radius 1 is 1.00 bits per heavy atom. The van der Waals surface area contributed by atoms with Gasteiger partial charge in [-0.1, -0.05) is 30.3 Å². The van der Waals surface area contributed by atoms with Crippen LogP contribution in [0.4, 0.5) is 11.4 Å². The van der Waals surface area contributed by atoms with Crippen molar-refractivity contribution >= 4 is 29.3 Å². The van der Waals surface area contributed by atoms with Gasteiger partial charge in [0, 0.05) is 31.0 Å². The highest BCUT2D eigenvalue weighted by atomic mass is 16.2. The summed E-state index contributed by atoms with van der Waals surface area (Å²) in [5.41, 5.74) is 3.24. The van der Waals surface area contributed by atoms with E-state index < -0.39 is 0 Å². The van der Waals surface area contributed by atoms with Crippen molar-refractivity contribution in [3.63, 3.8) is 0 Å². The van der Waals surface area contributed by atoms with Gasteiger partial charge in [-0.05, 0) is 42.8 Å². The Labute approximate surface area is 148 Å². The van der Waals surface area contributed by atoms with Crippen molar-refractivity contribution in [1.29, 1.82) is 0 Å². The van der Waals surface area contributed by atoms with E-state index in [9.17, 15) is 9.59 Å². The van der Waals surface area contributed by atoms with Crippen molar-refractivity contribution in [2.24, 2.45) is 0 Å². The first-order valence-corrected chi connectivity index (χ1v) is 8.04. The highest BCUT2D eigenvalue weighted by Gasteiger charge is 2.08. The Kier molecular flexibility index (Phi) is 6.34. The molecule has 130 valence electrons. The standard InChI is InChI=1S/C20H23N3O2/c1-15(13-16-7-5-4-6-8-16)20(25)21-14-19(24)22-17-9-11-18(12-10-17)23(2)3/h4-13H,14H2,1-3H3,(H,21,25)(H,22,24)/b15-13+. The van der Waals surface area contributed by atoms with Crippen LogP contribution in [0.25, 0.3) is 6.08 Å². The third-order valence-corrected chi connectivity index (χ3v) is 3.62. The number of amides is 2. The van der Waals surface area contributed by atoms with Crippen LogP contribution in [-0.2, 0) is 9.59 Å². The van der Waals surface area contributed by atoms with Gasteiger partial charge < -0.3 is 15.5 Å². The SMILES string of the molecule is C/C(=C\c1ccccc1)C(=O)NCC(=O)Nc1ccc(N(C)C)cc1. The van der Waals surface area contributed by atoms with Crippen molar-refractivity contribution in [2.75, 3.05) is 30.9 Å². The summed E-state index contributed by atoms with van der Waals surface area (Å²) in [6, 6.07) is 17.1. The number of nitrogens with zero attached hydrogens (tertiary/aromatic N) is 1. The quantitative estimate of drug-likeness (QED) is 0.797. The molecular weight excluding hydrogens is 314 g/mol. The summed E-state index contributed by atoms with van der Waals surface area (Å²) in [7, 11) is 3.91. The third kappa shape index (κ3) is 5.80. The average molecular weight is 337 g/mol. The minimum atomic E-state index is -0.265. The Morgan fingerprint density at radius 2 is 1.64 bits per heavy atom. The fraction of sp³-hybridized carbons (Fsp3) is 0.200. The van der Waals surface area contributed by atoms with Crippen LogP contribution in [0.3, 0.4) is 0 Å². The molecule has 0 fully saturated rings. The Balaban J connectivity index is 1.84. The number of anilines is 2. The second kappa shape index (κ2) is 8.68. The summed E-state index contributed by atoms with van der Waals surface area (Å²) in [5.74, 6) is -0.527. The highest BCUT2D eigenvalue weighted by molar-refractivity contribution is 6.01. The zero-order valence-corrected chi connectivity index (χ0v) is 14.7. The molecule has 0 bridgehead atoms. The molecule has 2 amide bonds.